The molecule has 1 unspecified atom stereocenters. The van der Waals surface area contributed by atoms with Crippen molar-refractivity contribution in [3.63, 3.8) is 0 Å². The van der Waals surface area contributed by atoms with Crippen LogP contribution in [0.2, 0.25) is 0 Å². The first-order chi connectivity index (χ1) is 12.2. The lowest BCUT2D eigenvalue weighted by atomic mass is 10.2. The summed E-state index contributed by atoms with van der Waals surface area (Å²) in [6.45, 7) is 7.75. The van der Waals surface area contributed by atoms with Crippen molar-refractivity contribution < 1.29 is 9.53 Å². The van der Waals surface area contributed by atoms with Gasteiger partial charge in [0.2, 0.25) is 0 Å². The van der Waals surface area contributed by atoms with E-state index in [1.165, 1.54) is 0 Å². The van der Waals surface area contributed by atoms with Gasteiger partial charge in [0.15, 0.2) is 11.1 Å². The quantitative estimate of drug-likeness (QED) is 0.368. The molecular formula is C17H31IN6O2S. The number of amides is 1. The van der Waals surface area contributed by atoms with Gasteiger partial charge in [-0.05, 0) is 27.2 Å². The summed E-state index contributed by atoms with van der Waals surface area (Å²) in [7, 11) is 5.73. The smallest absolute Gasteiger partial charge is 0.407 e. The third-order valence-electron chi connectivity index (χ3n) is 3.77. The molecule has 1 fully saturated rings. The minimum Gasteiger partial charge on any atom is -0.444 e. The number of alkyl carbamates (subject to hydrolysis) is 1. The van der Waals surface area contributed by atoms with Gasteiger partial charge in [-0.1, -0.05) is 0 Å². The van der Waals surface area contributed by atoms with Crippen LogP contribution in [0.25, 0.3) is 0 Å². The van der Waals surface area contributed by atoms with Gasteiger partial charge in [-0.3, -0.25) is 4.99 Å². The van der Waals surface area contributed by atoms with Crippen molar-refractivity contribution in [2.45, 2.75) is 45.4 Å². The molecule has 0 radical (unpaired) electrons. The van der Waals surface area contributed by atoms with Gasteiger partial charge in [0.25, 0.3) is 0 Å². The number of carbonyl (C=O) groups is 1. The van der Waals surface area contributed by atoms with Crippen LogP contribution >= 0.6 is 35.3 Å². The van der Waals surface area contributed by atoms with Crippen molar-refractivity contribution in [1.82, 2.24) is 20.5 Å². The van der Waals surface area contributed by atoms with Crippen molar-refractivity contribution in [3.8, 4) is 0 Å². The minimum absolute atomic E-state index is 0. The summed E-state index contributed by atoms with van der Waals surface area (Å²) in [5, 5.41) is 9.32. The minimum atomic E-state index is -0.487. The highest BCUT2D eigenvalue weighted by Crippen LogP contribution is 2.18. The molecule has 1 amide bonds. The van der Waals surface area contributed by atoms with Crippen LogP contribution in [-0.4, -0.2) is 67.8 Å². The van der Waals surface area contributed by atoms with Crippen molar-refractivity contribution in [2.75, 3.05) is 39.1 Å². The summed E-state index contributed by atoms with van der Waals surface area (Å²) in [5.74, 6) is 0.817. The van der Waals surface area contributed by atoms with Gasteiger partial charge in [0.05, 0.1) is 18.3 Å². The van der Waals surface area contributed by atoms with E-state index in [0.29, 0.717) is 13.1 Å². The Hall–Kier alpha value is -1.30. The lowest BCUT2D eigenvalue weighted by molar-refractivity contribution is 0.0507. The molecule has 1 aromatic rings. The molecule has 2 N–H and O–H groups in total. The average molecular weight is 510 g/mol. The maximum absolute atomic E-state index is 11.9. The van der Waals surface area contributed by atoms with Gasteiger partial charge in [-0.15, -0.1) is 35.3 Å². The van der Waals surface area contributed by atoms with E-state index < -0.39 is 5.60 Å². The van der Waals surface area contributed by atoms with Crippen molar-refractivity contribution >= 4 is 52.5 Å². The number of hydrogen-bond acceptors (Lipinski definition) is 6. The van der Waals surface area contributed by atoms with Crippen LogP contribution in [0.4, 0.5) is 9.93 Å². The number of hydrogen-bond donors (Lipinski definition) is 2. The molecule has 10 heteroatoms. The van der Waals surface area contributed by atoms with Gasteiger partial charge in [-0.2, -0.15) is 0 Å². The van der Waals surface area contributed by atoms with E-state index in [-0.39, 0.29) is 36.1 Å². The standard InChI is InChI=1S/C17H30N6O2S.HI/c1-17(2,3)25-16(24)21-12-7-8-23(10-12)14(18-4)19-9-13-11-26-15(20-13)22(5)6;/h11-12H,7-10H2,1-6H3,(H,18,19)(H,21,24);1H. The summed E-state index contributed by atoms with van der Waals surface area (Å²) in [4.78, 5) is 25.0. The number of rotatable bonds is 4. The molecule has 0 aromatic carbocycles. The number of aliphatic imine (C=N–C) groups is 1. The third-order valence-corrected chi connectivity index (χ3v) is 4.83. The Balaban J connectivity index is 0.00000364. The monoisotopic (exact) mass is 510 g/mol. The maximum Gasteiger partial charge on any atom is 0.407 e. The molecule has 8 nitrogen and oxygen atoms in total. The molecule has 1 saturated heterocycles. The molecular weight excluding hydrogens is 479 g/mol. The Morgan fingerprint density at radius 3 is 2.74 bits per heavy atom. The average Bonchev–Trinajstić information content (AvgIpc) is 3.15. The second-order valence-corrected chi connectivity index (χ2v) is 8.33. The molecule has 1 aromatic heterocycles. The van der Waals surface area contributed by atoms with E-state index in [1.54, 1.807) is 18.4 Å². The Bertz CT molecular complexity index is 644. The van der Waals surface area contributed by atoms with E-state index >= 15 is 0 Å². The van der Waals surface area contributed by atoms with Crippen LogP contribution in [0.5, 0.6) is 0 Å². The fraction of sp³-hybridized carbons (Fsp3) is 0.706. The number of nitrogens with zero attached hydrogens (tertiary/aromatic N) is 4. The molecule has 1 aliphatic rings. The Morgan fingerprint density at radius 1 is 1.48 bits per heavy atom. The fourth-order valence-corrected chi connectivity index (χ4v) is 3.39. The molecule has 0 spiro atoms. The summed E-state index contributed by atoms with van der Waals surface area (Å²) in [6, 6.07) is 0.0583. The van der Waals surface area contributed by atoms with Crippen LogP contribution in [0.15, 0.2) is 10.4 Å². The van der Waals surface area contributed by atoms with Gasteiger partial charge in [-0.25, -0.2) is 9.78 Å². The number of carbonyl (C=O) groups excluding carboxylic acids is 1. The lowest BCUT2D eigenvalue weighted by Crippen LogP contribution is -2.44. The second-order valence-electron chi connectivity index (χ2n) is 7.49. The zero-order valence-corrected chi connectivity index (χ0v) is 20.1. The summed E-state index contributed by atoms with van der Waals surface area (Å²) < 4.78 is 5.32. The zero-order valence-electron chi connectivity index (χ0n) is 16.9. The molecule has 0 bridgehead atoms. The Labute approximate surface area is 182 Å². The zero-order chi connectivity index (χ0) is 19.3. The highest BCUT2D eigenvalue weighted by Gasteiger charge is 2.27. The summed E-state index contributed by atoms with van der Waals surface area (Å²) in [5.41, 5.74) is 0.501. The van der Waals surface area contributed by atoms with Crippen molar-refractivity contribution in [2.24, 2.45) is 4.99 Å². The predicted octanol–water partition coefficient (Wildman–Crippen LogP) is 2.50. The first kappa shape index (κ1) is 23.7. The van der Waals surface area contributed by atoms with E-state index in [0.717, 1.165) is 29.8 Å². The van der Waals surface area contributed by atoms with Crippen LogP contribution in [0, 0.1) is 0 Å². The number of aromatic nitrogens is 1. The number of nitrogens with one attached hydrogen (secondary N) is 2. The highest BCUT2D eigenvalue weighted by atomic mass is 127. The van der Waals surface area contributed by atoms with Gasteiger partial charge >= 0.3 is 6.09 Å². The maximum atomic E-state index is 11.9. The molecule has 1 atom stereocenters. The van der Waals surface area contributed by atoms with E-state index in [4.69, 9.17) is 4.74 Å². The van der Waals surface area contributed by atoms with Gasteiger partial charge in [0.1, 0.15) is 5.60 Å². The largest absolute Gasteiger partial charge is 0.444 e. The topological polar surface area (TPSA) is 82.1 Å². The van der Waals surface area contributed by atoms with E-state index in [9.17, 15) is 4.79 Å². The fourth-order valence-electron chi connectivity index (χ4n) is 2.63. The molecule has 2 heterocycles. The van der Waals surface area contributed by atoms with Crippen LogP contribution in [0.1, 0.15) is 32.9 Å². The van der Waals surface area contributed by atoms with Gasteiger partial charge < -0.3 is 25.2 Å². The van der Waals surface area contributed by atoms with Gasteiger partial charge in [0, 0.05) is 39.6 Å². The number of thiazole rings is 1. The number of guanidine groups is 1. The number of anilines is 1. The summed E-state index contributed by atoms with van der Waals surface area (Å²) >= 11 is 1.62. The molecule has 0 aliphatic carbocycles. The molecule has 27 heavy (non-hydrogen) atoms. The third kappa shape index (κ3) is 7.68. The molecule has 154 valence electrons. The van der Waals surface area contributed by atoms with E-state index in [2.05, 4.69) is 25.5 Å². The van der Waals surface area contributed by atoms with Crippen LogP contribution in [-0.2, 0) is 11.3 Å². The first-order valence-electron chi connectivity index (χ1n) is 8.75. The molecule has 1 aliphatic heterocycles. The van der Waals surface area contributed by atoms with Crippen LogP contribution < -0.4 is 15.5 Å². The highest BCUT2D eigenvalue weighted by molar-refractivity contribution is 14.0. The van der Waals surface area contributed by atoms with Crippen LogP contribution in [0.3, 0.4) is 0 Å². The number of likely N-dealkylation sites (tertiary alicyclic amines) is 1. The van der Waals surface area contributed by atoms with Crippen molar-refractivity contribution in [3.05, 3.63) is 11.1 Å². The predicted molar refractivity (Wildman–Crippen MR) is 121 cm³/mol. The lowest BCUT2D eigenvalue weighted by Gasteiger charge is -2.23. The Morgan fingerprint density at radius 2 is 2.19 bits per heavy atom. The Kier molecular flexibility index (Phi) is 9.06. The van der Waals surface area contributed by atoms with E-state index in [1.807, 2.05) is 45.1 Å². The first-order valence-corrected chi connectivity index (χ1v) is 9.62. The normalized spacial score (nSPS) is 17.3. The SMILES string of the molecule is CN=C(NCc1csc(N(C)C)n1)N1CCC(NC(=O)OC(C)(C)C)C1.I. The molecule has 0 saturated carbocycles. The molecule has 2 rings (SSSR count). The second kappa shape index (κ2) is 10.3. The number of ether oxygens (including phenoxy) is 1. The number of halogens is 1. The summed E-state index contributed by atoms with van der Waals surface area (Å²) in [6.07, 6.45) is 0.493. The van der Waals surface area contributed by atoms with Crippen molar-refractivity contribution in [1.29, 1.82) is 0 Å².